The van der Waals surface area contributed by atoms with E-state index in [1.807, 2.05) is 0 Å². The van der Waals surface area contributed by atoms with Crippen LogP contribution in [0.2, 0.25) is 0 Å². The lowest BCUT2D eigenvalue weighted by Gasteiger charge is -2.18. The predicted molar refractivity (Wildman–Crippen MR) is 266 cm³/mol. The molecular weight excluding hydrogens is 769 g/mol. The Bertz CT molecular complexity index is 949. The minimum absolute atomic E-state index is 0.0631. The van der Waals surface area contributed by atoms with Crippen LogP contribution in [0, 0.1) is 11.8 Å². The smallest absolute Gasteiger partial charge is 0.306 e. The van der Waals surface area contributed by atoms with E-state index in [-0.39, 0.29) is 31.1 Å². The van der Waals surface area contributed by atoms with Gasteiger partial charge in [0.05, 0.1) is 0 Å². The van der Waals surface area contributed by atoms with Crippen LogP contribution in [-0.2, 0) is 28.6 Å². The molecule has 6 heteroatoms. The van der Waals surface area contributed by atoms with Crippen LogP contribution >= 0.6 is 0 Å². The van der Waals surface area contributed by atoms with Crippen LogP contribution in [0.3, 0.4) is 0 Å². The number of rotatable bonds is 50. The molecule has 62 heavy (non-hydrogen) atoms. The van der Waals surface area contributed by atoms with Crippen molar-refractivity contribution in [3.63, 3.8) is 0 Å². The van der Waals surface area contributed by atoms with Crippen LogP contribution < -0.4 is 0 Å². The fourth-order valence-electron chi connectivity index (χ4n) is 8.49. The Morgan fingerprint density at radius 1 is 0.339 bits per heavy atom. The number of hydrogen-bond acceptors (Lipinski definition) is 6. The molecule has 0 N–H and O–H groups in total. The van der Waals surface area contributed by atoms with Crippen LogP contribution in [0.5, 0.6) is 0 Å². The molecular formula is C56H108O6. The predicted octanol–water partition coefficient (Wildman–Crippen LogP) is 18.1. The molecule has 368 valence electrons. The molecule has 0 spiro atoms. The van der Waals surface area contributed by atoms with E-state index in [2.05, 4.69) is 34.6 Å². The zero-order valence-corrected chi connectivity index (χ0v) is 42.5. The summed E-state index contributed by atoms with van der Waals surface area (Å²) < 4.78 is 16.9. The molecule has 0 aromatic carbocycles. The second kappa shape index (κ2) is 48.9. The maximum absolute atomic E-state index is 12.8. The molecule has 0 rings (SSSR count). The Hall–Kier alpha value is -1.59. The molecule has 0 bridgehead atoms. The van der Waals surface area contributed by atoms with E-state index in [1.165, 1.54) is 199 Å². The van der Waals surface area contributed by atoms with E-state index >= 15 is 0 Å². The SMILES string of the molecule is CCCCCCCCCCCCCCCC(=O)OC[C@H](COC(=O)CCCCCCCCCCCCCCCCC(C)C)OC(=O)CCCCCCCCCCCCC(C)CC. The molecule has 0 aromatic heterocycles. The van der Waals surface area contributed by atoms with Gasteiger partial charge in [-0.25, -0.2) is 0 Å². The molecule has 0 heterocycles. The van der Waals surface area contributed by atoms with Gasteiger partial charge >= 0.3 is 17.9 Å². The number of carbonyl (C=O) groups is 3. The lowest BCUT2D eigenvalue weighted by Crippen LogP contribution is -2.30. The average molecular weight is 877 g/mol. The fourth-order valence-corrected chi connectivity index (χ4v) is 8.49. The third kappa shape index (κ3) is 47.9. The van der Waals surface area contributed by atoms with E-state index < -0.39 is 6.10 Å². The second-order valence-electron chi connectivity index (χ2n) is 19.9. The first kappa shape index (κ1) is 60.4. The number of hydrogen-bond donors (Lipinski definition) is 0. The fraction of sp³-hybridized carbons (Fsp3) is 0.946. The molecule has 1 unspecified atom stereocenters. The molecule has 0 radical (unpaired) electrons. The van der Waals surface area contributed by atoms with Crippen LogP contribution in [-0.4, -0.2) is 37.2 Å². The molecule has 0 aliphatic carbocycles. The Kier molecular flexibility index (Phi) is 47.6. The van der Waals surface area contributed by atoms with Gasteiger partial charge in [0, 0.05) is 19.3 Å². The minimum atomic E-state index is -0.762. The maximum atomic E-state index is 12.8. The summed E-state index contributed by atoms with van der Waals surface area (Å²) in [6.45, 7) is 11.4. The highest BCUT2D eigenvalue weighted by atomic mass is 16.6. The monoisotopic (exact) mass is 877 g/mol. The number of ether oxygens (including phenoxy) is 3. The largest absolute Gasteiger partial charge is 0.462 e. The van der Waals surface area contributed by atoms with Gasteiger partial charge in [0.1, 0.15) is 13.2 Å². The highest BCUT2D eigenvalue weighted by molar-refractivity contribution is 5.71. The normalized spacial score (nSPS) is 12.5. The summed E-state index contributed by atoms with van der Waals surface area (Å²) in [6.07, 6.45) is 50.8. The first-order chi connectivity index (χ1) is 30.3. The Balaban J connectivity index is 4.30. The molecule has 0 aliphatic heterocycles. The van der Waals surface area contributed by atoms with Crippen LogP contribution in [0.1, 0.15) is 311 Å². The maximum Gasteiger partial charge on any atom is 0.306 e. The van der Waals surface area contributed by atoms with Gasteiger partial charge in [-0.15, -0.1) is 0 Å². The van der Waals surface area contributed by atoms with Crippen LogP contribution in [0.25, 0.3) is 0 Å². The summed E-state index contributed by atoms with van der Waals surface area (Å²) in [6, 6.07) is 0. The summed E-state index contributed by atoms with van der Waals surface area (Å²) in [5.41, 5.74) is 0. The number of unbranched alkanes of at least 4 members (excludes halogenated alkanes) is 34. The molecule has 2 atom stereocenters. The molecule has 6 nitrogen and oxygen atoms in total. The van der Waals surface area contributed by atoms with Crippen molar-refractivity contribution in [1.29, 1.82) is 0 Å². The second-order valence-corrected chi connectivity index (χ2v) is 19.9. The van der Waals surface area contributed by atoms with Gasteiger partial charge in [-0.3, -0.25) is 14.4 Å². The van der Waals surface area contributed by atoms with E-state index in [0.29, 0.717) is 19.3 Å². The van der Waals surface area contributed by atoms with Crippen molar-refractivity contribution in [3.05, 3.63) is 0 Å². The third-order valence-corrected chi connectivity index (χ3v) is 13.1. The van der Waals surface area contributed by atoms with Crippen molar-refractivity contribution in [2.24, 2.45) is 11.8 Å². The van der Waals surface area contributed by atoms with Crippen molar-refractivity contribution in [2.75, 3.05) is 13.2 Å². The Morgan fingerprint density at radius 3 is 0.919 bits per heavy atom. The molecule has 0 amide bonds. The highest BCUT2D eigenvalue weighted by Gasteiger charge is 2.19. The van der Waals surface area contributed by atoms with E-state index in [0.717, 1.165) is 69.6 Å². The van der Waals surface area contributed by atoms with E-state index in [4.69, 9.17) is 14.2 Å². The lowest BCUT2D eigenvalue weighted by molar-refractivity contribution is -0.167. The molecule has 0 saturated heterocycles. The zero-order chi connectivity index (χ0) is 45.4. The average Bonchev–Trinajstić information content (AvgIpc) is 3.26. The highest BCUT2D eigenvalue weighted by Crippen LogP contribution is 2.18. The number of esters is 3. The summed E-state index contributed by atoms with van der Waals surface area (Å²) in [5, 5.41) is 0. The van der Waals surface area contributed by atoms with Gasteiger partial charge in [0.2, 0.25) is 0 Å². The summed E-state index contributed by atoms with van der Waals surface area (Å²) in [7, 11) is 0. The van der Waals surface area contributed by atoms with Gasteiger partial charge in [-0.05, 0) is 31.1 Å². The van der Waals surface area contributed by atoms with E-state index in [1.54, 1.807) is 0 Å². The molecule has 0 saturated carbocycles. The van der Waals surface area contributed by atoms with Crippen molar-refractivity contribution in [3.8, 4) is 0 Å². The van der Waals surface area contributed by atoms with Gasteiger partial charge in [0.15, 0.2) is 6.10 Å². The van der Waals surface area contributed by atoms with Crippen molar-refractivity contribution in [2.45, 2.75) is 317 Å². The van der Waals surface area contributed by atoms with Crippen molar-refractivity contribution < 1.29 is 28.6 Å². The van der Waals surface area contributed by atoms with Crippen LogP contribution in [0.15, 0.2) is 0 Å². The minimum Gasteiger partial charge on any atom is -0.462 e. The quantitative estimate of drug-likeness (QED) is 0.0344. The van der Waals surface area contributed by atoms with Gasteiger partial charge in [0.25, 0.3) is 0 Å². The third-order valence-electron chi connectivity index (χ3n) is 13.1. The van der Waals surface area contributed by atoms with Crippen LogP contribution in [0.4, 0.5) is 0 Å². The molecule has 0 fully saturated rings. The first-order valence-electron chi connectivity index (χ1n) is 27.8. The van der Waals surface area contributed by atoms with Crippen molar-refractivity contribution in [1.82, 2.24) is 0 Å². The van der Waals surface area contributed by atoms with Gasteiger partial charge in [-0.2, -0.15) is 0 Å². The summed E-state index contributed by atoms with van der Waals surface area (Å²) in [5.74, 6) is 0.870. The summed E-state index contributed by atoms with van der Waals surface area (Å²) in [4.78, 5) is 38.1. The lowest BCUT2D eigenvalue weighted by atomic mass is 9.99. The zero-order valence-electron chi connectivity index (χ0n) is 42.5. The van der Waals surface area contributed by atoms with E-state index in [9.17, 15) is 14.4 Å². The van der Waals surface area contributed by atoms with Gasteiger partial charge < -0.3 is 14.2 Å². The van der Waals surface area contributed by atoms with Crippen molar-refractivity contribution >= 4 is 17.9 Å². The molecule has 0 aromatic rings. The van der Waals surface area contributed by atoms with Gasteiger partial charge in [-0.1, -0.05) is 272 Å². The Morgan fingerprint density at radius 2 is 0.613 bits per heavy atom. The first-order valence-corrected chi connectivity index (χ1v) is 27.8. The molecule has 0 aliphatic rings. The standard InChI is InChI=1S/C56H108O6/c1-6-8-9-10-11-12-13-16-20-26-31-36-41-46-54(57)60-49-53(62-56(59)48-43-38-33-28-23-22-25-30-35-40-45-52(5)7-2)50-61-55(58)47-42-37-32-27-21-18-15-14-17-19-24-29-34-39-44-51(3)4/h51-53H,6-50H2,1-5H3/t52?,53-/m1/s1. The summed E-state index contributed by atoms with van der Waals surface area (Å²) >= 11 is 0. The number of carbonyl (C=O) groups excluding carboxylic acids is 3. The topological polar surface area (TPSA) is 78.9 Å². The Labute approximate surface area is 387 Å².